The van der Waals surface area contributed by atoms with Crippen LogP contribution in [0.4, 0.5) is 10.5 Å². The molecule has 0 saturated carbocycles. The number of carbonyl (C=O) groups is 2. The van der Waals surface area contributed by atoms with Gasteiger partial charge in [-0.3, -0.25) is 4.79 Å². The molecule has 0 aliphatic carbocycles. The molecule has 35 heavy (non-hydrogen) atoms. The Bertz CT molecular complexity index is 1020. The molecule has 0 spiro atoms. The number of aryl methyl sites for hydroxylation is 1. The molecule has 1 aliphatic rings. The normalized spacial score (nSPS) is 14.9. The number of likely N-dealkylation sites (tertiary alicyclic amines) is 1. The molecular weight excluding hydrogens is 442 g/mol. The molecule has 2 aromatic rings. The highest BCUT2D eigenvalue weighted by Gasteiger charge is 2.23. The summed E-state index contributed by atoms with van der Waals surface area (Å²) in [5.41, 5.74) is 3.21. The summed E-state index contributed by atoms with van der Waals surface area (Å²) in [7, 11) is 3.36. The fourth-order valence-electron chi connectivity index (χ4n) is 4.32. The number of rotatable bonds is 7. The average molecular weight is 482 g/mol. The predicted molar refractivity (Wildman–Crippen MR) is 139 cm³/mol. The van der Waals surface area contributed by atoms with Crippen LogP contribution in [0.2, 0.25) is 0 Å². The minimum absolute atomic E-state index is 0.178. The summed E-state index contributed by atoms with van der Waals surface area (Å²) >= 11 is 0. The van der Waals surface area contributed by atoms with Crippen LogP contribution in [-0.2, 0) is 4.74 Å². The zero-order valence-electron chi connectivity index (χ0n) is 21.9. The first-order chi connectivity index (χ1) is 16.6. The smallest absolute Gasteiger partial charge is 0.410 e. The molecule has 2 aromatic carbocycles. The van der Waals surface area contributed by atoms with Crippen LogP contribution in [0, 0.1) is 6.92 Å². The number of carbonyl (C=O) groups excluding carboxylic acids is 2. The lowest BCUT2D eigenvalue weighted by Crippen LogP contribution is -2.41. The third-order valence-electron chi connectivity index (χ3n) is 6.37. The summed E-state index contributed by atoms with van der Waals surface area (Å²) in [6.07, 6.45) is 1.87. The molecule has 0 radical (unpaired) electrons. The van der Waals surface area contributed by atoms with Crippen LogP contribution in [0.5, 0.6) is 5.75 Å². The molecule has 0 atom stereocenters. The molecule has 1 aliphatic heterocycles. The molecule has 1 heterocycles. The van der Waals surface area contributed by atoms with Gasteiger partial charge in [0.15, 0.2) is 0 Å². The molecule has 7 nitrogen and oxygen atoms in total. The van der Waals surface area contributed by atoms with Crippen LogP contribution in [0.25, 0.3) is 0 Å². The van der Waals surface area contributed by atoms with Crippen molar-refractivity contribution in [1.29, 1.82) is 0 Å². The van der Waals surface area contributed by atoms with Gasteiger partial charge in [-0.15, -0.1) is 0 Å². The molecular formula is C28H39N3O4. The fraction of sp³-hybridized carbons (Fsp3) is 0.500. The van der Waals surface area contributed by atoms with Crippen molar-refractivity contribution < 1.29 is 19.1 Å². The number of hydrogen-bond acceptors (Lipinski definition) is 5. The number of likely N-dealkylation sites (N-methyl/N-ethyl adjacent to an activating group) is 1. The third kappa shape index (κ3) is 7.46. The van der Waals surface area contributed by atoms with Crippen molar-refractivity contribution in [1.82, 2.24) is 9.80 Å². The van der Waals surface area contributed by atoms with Gasteiger partial charge in [-0.1, -0.05) is 24.3 Å². The second kappa shape index (κ2) is 11.6. The van der Waals surface area contributed by atoms with Crippen LogP contribution in [0.3, 0.4) is 0 Å². The van der Waals surface area contributed by atoms with E-state index in [1.807, 2.05) is 45.9 Å². The number of piperidine rings is 1. The number of benzene rings is 2. The zero-order chi connectivity index (χ0) is 25.6. The first-order valence-corrected chi connectivity index (χ1v) is 12.3. The van der Waals surface area contributed by atoms with Crippen molar-refractivity contribution in [2.75, 3.05) is 45.7 Å². The molecule has 2 amide bonds. The molecule has 0 bridgehead atoms. The van der Waals surface area contributed by atoms with E-state index >= 15 is 0 Å². The van der Waals surface area contributed by atoms with Crippen molar-refractivity contribution in [2.24, 2.45) is 0 Å². The Hall–Kier alpha value is -3.06. The summed E-state index contributed by atoms with van der Waals surface area (Å²) in [4.78, 5) is 29.0. The quantitative estimate of drug-likeness (QED) is 0.581. The van der Waals surface area contributed by atoms with E-state index in [4.69, 9.17) is 9.47 Å². The Kier molecular flexibility index (Phi) is 8.78. The second-order valence-electron chi connectivity index (χ2n) is 10.2. The molecule has 1 fully saturated rings. The second-order valence-corrected chi connectivity index (χ2v) is 10.2. The highest BCUT2D eigenvalue weighted by molar-refractivity contribution is 6.06. The van der Waals surface area contributed by atoms with E-state index in [0.717, 1.165) is 43.7 Å². The zero-order valence-corrected chi connectivity index (χ0v) is 21.9. The van der Waals surface area contributed by atoms with Crippen LogP contribution in [-0.4, -0.2) is 67.7 Å². The third-order valence-corrected chi connectivity index (χ3v) is 6.37. The van der Waals surface area contributed by atoms with Gasteiger partial charge in [-0.05, 0) is 88.9 Å². The van der Waals surface area contributed by atoms with Gasteiger partial charge < -0.3 is 24.6 Å². The van der Waals surface area contributed by atoms with E-state index in [1.165, 1.54) is 5.56 Å². The summed E-state index contributed by atoms with van der Waals surface area (Å²) in [5.74, 6) is 0.874. The van der Waals surface area contributed by atoms with Gasteiger partial charge in [-0.25, -0.2) is 4.79 Å². The number of hydrogen-bond donors (Lipinski definition) is 1. The monoisotopic (exact) mass is 481 g/mol. The minimum atomic E-state index is -0.478. The number of ether oxygens (including phenoxy) is 2. The Morgan fingerprint density at radius 3 is 2.43 bits per heavy atom. The van der Waals surface area contributed by atoms with Crippen molar-refractivity contribution in [3.8, 4) is 5.75 Å². The number of amides is 2. The number of methoxy groups -OCH3 is 1. The van der Waals surface area contributed by atoms with Crippen molar-refractivity contribution in [3.63, 3.8) is 0 Å². The molecule has 1 N–H and O–H groups in total. The maximum atomic E-state index is 12.8. The van der Waals surface area contributed by atoms with E-state index in [0.29, 0.717) is 23.8 Å². The maximum absolute atomic E-state index is 12.8. The van der Waals surface area contributed by atoms with Crippen LogP contribution >= 0.6 is 0 Å². The van der Waals surface area contributed by atoms with Gasteiger partial charge in [0.05, 0.1) is 12.7 Å². The fourth-order valence-corrected chi connectivity index (χ4v) is 4.32. The van der Waals surface area contributed by atoms with E-state index in [1.54, 1.807) is 31.2 Å². The van der Waals surface area contributed by atoms with Crippen LogP contribution < -0.4 is 10.1 Å². The Morgan fingerprint density at radius 2 is 1.80 bits per heavy atom. The van der Waals surface area contributed by atoms with Crippen LogP contribution in [0.1, 0.15) is 61.0 Å². The van der Waals surface area contributed by atoms with E-state index < -0.39 is 5.60 Å². The predicted octanol–water partition coefficient (Wildman–Crippen LogP) is 5.30. The largest absolute Gasteiger partial charge is 0.496 e. The topological polar surface area (TPSA) is 71.1 Å². The van der Waals surface area contributed by atoms with Crippen LogP contribution in [0.15, 0.2) is 42.5 Å². The minimum Gasteiger partial charge on any atom is -0.496 e. The molecule has 190 valence electrons. The summed E-state index contributed by atoms with van der Waals surface area (Å²) in [6, 6.07) is 13.5. The van der Waals surface area contributed by atoms with Crippen molar-refractivity contribution in [3.05, 3.63) is 59.2 Å². The SMILES string of the molecule is COc1ccccc1C(=O)Nc1ccc(C2CCN(CCN(C)C(=O)OC(C)(C)C)CC2)cc1C. The Balaban J connectivity index is 1.51. The number of nitrogens with one attached hydrogen (secondary N) is 1. The molecule has 7 heteroatoms. The Labute approximate surface area is 209 Å². The van der Waals surface area contributed by atoms with Gasteiger partial charge >= 0.3 is 6.09 Å². The van der Waals surface area contributed by atoms with Gasteiger partial charge in [0, 0.05) is 25.8 Å². The lowest BCUT2D eigenvalue weighted by atomic mass is 9.88. The van der Waals surface area contributed by atoms with Gasteiger partial charge in [0.1, 0.15) is 11.4 Å². The van der Waals surface area contributed by atoms with Gasteiger partial charge in [0.2, 0.25) is 0 Å². The summed E-state index contributed by atoms with van der Waals surface area (Å²) in [5, 5.41) is 3.02. The highest BCUT2D eigenvalue weighted by atomic mass is 16.6. The average Bonchev–Trinajstić information content (AvgIpc) is 2.83. The van der Waals surface area contributed by atoms with E-state index in [9.17, 15) is 9.59 Å². The van der Waals surface area contributed by atoms with Gasteiger partial charge in [0.25, 0.3) is 5.91 Å². The number of anilines is 1. The lowest BCUT2D eigenvalue weighted by molar-refractivity contribution is 0.0278. The van der Waals surface area contributed by atoms with Crippen molar-refractivity contribution >= 4 is 17.7 Å². The number of nitrogens with zero attached hydrogens (tertiary/aromatic N) is 2. The van der Waals surface area contributed by atoms with Gasteiger partial charge in [-0.2, -0.15) is 0 Å². The lowest BCUT2D eigenvalue weighted by Gasteiger charge is -2.33. The highest BCUT2D eigenvalue weighted by Crippen LogP contribution is 2.31. The maximum Gasteiger partial charge on any atom is 0.410 e. The molecule has 0 unspecified atom stereocenters. The molecule has 1 saturated heterocycles. The molecule has 0 aromatic heterocycles. The summed E-state index contributed by atoms with van der Waals surface area (Å²) in [6.45, 7) is 11.2. The molecule has 3 rings (SSSR count). The first-order valence-electron chi connectivity index (χ1n) is 12.3. The first kappa shape index (κ1) is 26.5. The Morgan fingerprint density at radius 1 is 1.11 bits per heavy atom. The summed E-state index contributed by atoms with van der Waals surface area (Å²) < 4.78 is 10.7. The standard InChI is InChI=1S/C28H39N3O4/c1-20-19-22(11-12-24(20)29-26(32)23-9-7-8-10-25(23)34-6)21-13-15-31(16-14-21)18-17-30(5)27(33)35-28(2,3)4/h7-12,19,21H,13-18H2,1-6H3,(H,29,32). The van der Waals surface area contributed by atoms with E-state index in [2.05, 4.69) is 22.3 Å². The number of para-hydroxylation sites is 1. The van der Waals surface area contributed by atoms with E-state index in [-0.39, 0.29) is 12.0 Å². The van der Waals surface area contributed by atoms with Crippen molar-refractivity contribution in [2.45, 2.75) is 52.1 Å².